The molecule has 5 nitrogen and oxygen atoms in total. The number of rotatable bonds is 3. The van der Waals surface area contributed by atoms with Crippen molar-refractivity contribution in [2.24, 2.45) is 0 Å². The molecular weight excluding hydrogens is 336 g/mol. The van der Waals surface area contributed by atoms with Crippen LogP contribution in [0, 0.1) is 0 Å². The molecule has 2 heterocycles. The highest BCUT2D eigenvalue weighted by molar-refractivity contribution is 6.25. The van der Waals surface area contributed by atoms with Crippen molar-refractivity contribution in [2.75, 3.05) is 13.6 Å². The van der Waals surface area contributed by atoms with Crippen molar-refractivity contribution >= 4 is 28.7 Å². The van der Waals surface area contributed by atoms with Crippen molar-refractivity contribution in [1.82, 2.24) is 19.7 Å². The normalized spacial score (nSPS) is 17.9. The Morgan fingerprint density at radius 1 is 1.28 bits per heavy atom. The number of aromatic nitrogens is 2. The molecule has 0 aliphatic carbocycles. The van der Waals surface area contributed by atoms with Crippen LogP contribution in [0.25, 0.3) is 22.4 Å². The maximum atomic E-state index is 11.9. The van der Waals surface area contributed by atoms with E-state index in [1.165, 1.54) is 18.4 Å². The number of para-hydroxylation sites is 1. The summed E-state index contributed by atoms with van der Waals surface area (Å²) in [5, 5.41) is 0. The van der Waals surface area contributed by atoms with Crippen molar-refractivity contribution in [1.29, 1.82) is 0 Å². The van der Waals surface area contributed by atoms with Gasteiger partial charge in [0, 0.05) is 23.4 Å². The van der Waals surface area contributed by atoms with Gasteiger partial charge in [-0.3, -0.25) is 14.5 Å². The van der Waals surface area contributed by atoms with Crippen LogP contribution in [0.3, 0.4) is 0 Å². The van der Waals surface area contributed by atoms with E-state index in [-0.39, 0.29) is 5.91 Å². The second kappa shape index (κ2) is 6.50. The van der Waals surface area contributed by atoms with Crippen LogP contribution in [0.1, 0.15) is 34.8 Å². The summed E-state index contributed by atoms with van der Waals surface area (Å²) < 4.78 is 0. The lowest BCUT2D eigenvalue weighted by Crippen LogP contribution is -2.17. The molecular formula is C19H19ClN4O. The van der Waals surface area contributed by atoms with Gasteiger partial charge in [0.25, 0.3) is 5.91 Å². The first-order chi connectivity index (χ1) is 12.2. The summed E-state index contributed by atoms with van der Waals surface area (Å²) in [6, 6.07) is 14.4. The fourth-order valence-electron chi connectivity index (χ4n) is 3.60. The fraction of sp³-hybridized carbons (Fsp3) is 0.263. The Bertz CT molecular complexity index is 919. The predicted octanol–water partition coefficient (Wildman–Crippen LogP) is 3.88. The van der Waals surface area contributed by atoms with Gasteiger partial charge in [-0.2, -0.15) is 0 Å². The number of fused-ring (bicyclic) bond motifs is 1. The molecule has 25 heavy (non-hydrogen) atoms. The van der Waals surface area contributed by atoms with Crippen molar-refractivity contribution < 1.29 is 4.79 Å². The maximum absolute atomic E-state index is 11.9. The Morgan fingerprint density at radius 2 is 2.08 bits per heavy atom. The van der Waals surface area contributed by atoms with E-state index >= 15 is 0 Å². The van der Waals surface area contributed by atoms with Crippen molar-refractivity contribution in [3.05, 3.63) is 53.6 Å². The minimum Gasteiger partial charge on any atom is -0.338 e. The van der Waals surface area contributed by atoms with Crippen LogP contribution in [0.5, 0.6) is 0 Å². The minimum atomic E-state index is -0.357. The first-order valence-corrected chi connectivity index (χ1v) is 8.75. The number of nitrogens with one attached hydrogen (secondary N) is 2. The molecule has 6 heteroatoms. The van der Waals surface area contributed by atoms with Gasteiger partial charge in [-0.25, -0.2) is 4.98 Å². The molecule has 0 saturated carbocycles. The highest BCUT2D eigenvalue weighted by Crippen LogP contribution is 2.31. The third-order valence-electron chi connectivity index (χ3n) is 4.93. The van der Waals surface area contributed by atoms with Gasteiger partial charge in [-0.05, 0) is 44.1 Å². The molecule has 1 amide bonds. The van der Waals surface area contributed by atoms with Gasteiger partial charge in [0.1, 0.15) is 11.3 Å². The lowest BCUT2D eigenvalue weighted by molar-refractivity contribution is 0.0983. The SMILES string of the molecule is CN1CCCC1c1ccc(-c2nc3c(C(=O)NCl)cccc3[nH]2)cc1. The molecule has 1 fully saturated rings. The first-order valence-electron chi connectivity index (χ1n) is 8.37. The monoisotopic (exact) mass is 354 g/mol. The number of nitrogens with zero attached hydrogens (tertiary/aromatic N) is 2. The summed E-state index contributed by atoms with van der Waals surface area (Å²) in [7, 11) is 2.17. The number of benzene rings is 2. The Balaban J connectivity index is 1.69. The zero-order valence-electron chi connectivity index (χ0n) is 13.9. The average Bonchev–Trinajstić information content (AvgIpc) is 3.27. The number of carbonyl (C=O) groups excluding carboxylic acids is 1. The van der Waals surface area contributed by atoms with Gasteiger partial charge < -0.3 is 4.98 Å². The standard InChI is InChI=1S/C19H19ClN4O/c1-24-11-3-6-16(24)12-7-9-13(10-8-12)18-21-15-5-2-4-14(17(15)22-18)19(25)23-20/h2,4-5,7-10,16H,3,6,11H2,1H3,(H,21,22)(H,23,25). The van der Waals surface area contributed by atoms with Gasteiger partial charge in [-0.15, -0.1) is 0 Å². The van der Waals surface area contributed by atoms with Gasteiger partial charge in [-0.1, -0.05) is 30.3 Å². The van der Waals surface area contributed by atoms with E-state index in [4.69, 9.17) is 11.8 Å². The molecule has 1 aromatic heterocycles. The molecule has 2 N–H and O–H groups in total. The Kier molecular flexibility index (Phi) is 4.19. The summed E-state index contributed by atoms with van der Waals surface area (Å²) >= 11 is 5.46. The molecule has 0 bridgehead atoms. The largest absolute Gasteiger partial charge is 0.338 e. The second-order valence-electron chi connectivity index (χ2n) is 6.47. The summed E-state index contributed by atoms with van der Waals surface area (Å²) in [5.41, 5.74) is 4.22. The lowest BCUT2D eigenvalue weighted by atomic mass is 10.0. The predicted molar refractivity (Wildman–Crippen MR) is 99.5 cm³/mol. The van der Waals surface area contributed by atoms with E-state index in [0.29, 0.717) is 17.1 Å². The van der Waals surface area contributed by atoms with Crippen LogP contribution in [-0.4, -0.2) is 34.4 Å². The van der Waals surface area contributed by atoms with E-state index in [2.05, 4.69) is 51.0 Å². The third-order valence-corrected chi connectivity index (χ3v) is 5.10. The Hall–Kier alpha value is -2.37. The summed E-state index contributed by atoms with van der Waals surface area (Å²) in [6.07, 6.45) is 2.45. The van der Waals surface area contributed by atoms with Crippen LogP contribution < -0.4 is 4.84 Å². The van der Waals surface area contributed by atoms with Crippen LogP contribution in [-0.2, 0) is 0 Å². The van der Waals surface area contributed by atoms with E-state index in [0.717, 1.165) is 23.4 Å². The number of hydrogen-bond donors (Lipinski definition) is 2. The number of H-pyrrole nitrogens is 1. The molecule has 0 spiro atoms. The minimum absolute atomic E-state index is 0.357. The van der Waals surface area contributed by atoms with Gasteiger partial charge in [0.05, 0.1) is 11.1 Å². The first kappa shape index (κ1) is 16.1. The van der Waals surface area contributed by atoms with Crippen LogP contribution >= 0.6 is 11.8 Å². The number of halogens is 1. The van der Waals surface area contributed by atoms with E-state index in [9.17, 15) is 4.79 Å². The maximum Gasteiger partial charge on any atom is 0.267 e. The molecule has 0 radical (unpaired) electrons. The third kappa shape index (κ3) is 2.90. The van der Waals surface area contributed by atoms with Crippen molar-refractivity contribution in [3.63, 3.8) is 0 Å². The molecule has 4 rings (SSSR count). The average molecular weight is 355 g/mol. The number of aromatic amines is 1. The molecule has 2 aromatic carbocycles. The summed E-state index contributed by atoms with van der Waals surface area (Å²) in [6.45, 7) is 1.15. The number of imidazole rings is 1. The number of carbonyl (C=O) groups is 1. The van der Waals surface area contributed by atoms with E-state index in [1.807, 2.05) is 12.1 Å². The van der Waals surface area contributed by atoms with Gasteiger partial charge in [0.15, 0.2) is 0 Å². The fourth-order valence-corrected chi connectivity index (χ4v) is 3.70. The number of likely N-dealkylation sites (tertiary alicyclic amines) is 1. The zero-order valence-corrected chi connectivity index (χ0v) is 14.7. The smallest absolute Gasteiger partial charge is 0.267 e. The van der Waals surface area contributed by atoms with Crippen LogP contribution in [0.2, 0.25) is 0 Å². The van der Waals surface area contributed by atoms with Crippen molar-refractivity contribution in [3.8, 4) is 11.4 Å². The Morgan fingerprint density at radius 3 is 2.76 bits per heavy atom. The molecule has 128 valence electrons. The highest BCUT2D eigenvalue weighted by atomic mass is 35.5. The van der Waals surface area contributed by atoms with Crippen LogP contribution in [0.4, 0.5) is 0 Å². The van der Waals surface area contributed by atoms with E-state index < -0.39 is 0 Å². The van der Waals surface area contributed by atoms with Crippen LogP contribution in [0.15, 0.2) is 42.5 Å². The van der Waals surface area contributed by atoms with Crippen molar-refractivity contribution in [2.45, 2.75) is 18.9 Å². The molecule has 3 aromatic rings. The number of amides is 1. The molecule has 1 aliphatic heterocycles. The zero-order chi connectivity index (χ0) is 17.4. The summed E-state index contributed by atoms with van der Waals surface area (Å²) in [4.78, 5) is 24.3. The molecule has 1 saturated heterocycles. The number of hydrogen-bond acceptors (Lipinski definition) is 3. The van der Waals surface area contributed by atoms with Gasteiger partial charge >= 0.3 is 0 Å². The molecule has 1 unspecified atom stereocenters. The quantitative estimate of drug-likeness (QED) is 0.702. The highest BCUT2D eigenvalue weighted by Gasteiger charge is 2.22. The van der Waals surface area contributed by atoms with E-state index in [1.54, 1.807) is 6.07 Å². The second-order valence-corrected chi connectivity index (χ2v) is 6.66. The van der Waals surface area contributed by atoms with Gasteiger partial charge in [0.2, 0.25) is 0 Å². The molecule has 1 atom stereocenters. The topological polar surface area (TPSA) is 61.0 Å². The Labute approximate surface area is 151 Å². The molecule has 1 aliphatic rings. The lowest BCUT2D eigenvalue weighted by Gasteiger charge is -2.19. The summed E-state index contributed by atoms with van der Waals surface area (Å²) in [5.74, 6) is 0.390.